The largest absolute Gasteiger partial charge is 0.451 e. The van der Waals surface area contributed by atoms with Gasteiger partial charge in [0.15, 0.2) is 6.61 Å². The maximum atomic E-state index is 12.0. The lowest BCUT2D eigenvalue weighted by Crippen LogP contribution is -2.20. The van der Waals surface area contributed by atoms with E-state index in [2.05, 4.69) is 5.32 Å². The molecule has 1 amide bonds. The molecule has 124 valence electrons. The second-order valence-electron chi connectivity index (χ2n) is 5.64. The number of esters is 1. The van der Waals surface area contributed by atoms with Crippen molar-refractivity contribution in [3.63, 3.8) is 0 Å². The zero-order valence-corrected chi connectivity index (χ0v) is 14.2. The van der Waals surface area contributed by atoms with Crippen LogP contribution in [-0.4, -0.2) is 18.5 Å². The number of aryl methyl sites for hydroxylation is 3. The first-order valence-corrected chi connectivity index (χ1v) is 8.40. The van der Waals surface area contributed by atoms with Crippen molar-refractivity contribution in [1.29, 1.82) is 5.26 Å². The molecular weight excluding hydrogens is 328 g/mol. The highest BCUT2D eigenvalue weighted by molar-refractivity contribution is 7.14. The van der Waals surface area contributed by atoms with Gasteiger partial charge < -0.3 is 9.15 Å². The van der Waals surface area contributed by atoms with Crippen LogP contribution in [0.4, 0.5) is 5.88 Å². The molecule has 0 radical (unpaired) electrons. The number of nitrogens with zero attached hydrogens (tertiary/aromatic N) is 1. The van der Waals surface area contributed by atoms with Crippen molar-refractivity contribution >= 4 is 29.1 Å². The van der Waals surface area contributed by atoms with E-state index in [0.717, 1.165) is 19.3 Å². The Bertz CT molecular complexity index is 835. The van der Waals surface area contributed by atoms with Crippen molar-refractivity contribution in [2.45, 2.75) is 33.1 Å². The standard InChI is InChI=1S/C17H16N2O4S/c1-9-10(2)23-16(12(9)7-18)19-15(20)8-22-17(21)14-6-11-4-3-5-13(11)24-14/h6H,3-5,8H2,1-2H3,(H,19,20). The Balaban J connectivity index is 1.58. The Hall–Kier alpha value is -2.59. The van der Waals surface area contributed by atoms with E-state index in [1.165, 1.54) is 21.8 Å². The number of hydrogen-bond acceptors (Lipinski definition) is 6. The maximum Gasteiger partial charge on any atom is 0.348 e. The molecule has 3 rings (SSSR count). The van der Waals surface area contributed by atoms with Crippen LogP contribution in [-0.2, 0) is 22.4 Å². The molecule has 0 saturated carbocycles. The molecular formula is C17H16N2O4S. The first kappa shape index (κ1) is 16.3. The van der Waals surface area contributed by atoms with Gasteiger partial charge in [-0.05, 0) is 44.7 Å². The van der Waals surface area contributed by atoms with Crippen LogP contribution < -0.4 is 5.32 Å². The van der Waals surface area contributed by atoms with Crippen LogP contribution in [0.25, 0.3) is 0 Å². The van der Waals surface area contributed by atoms with E-state index in [1.54, 1.807) is 13.8 Å². The third-order valence-corrected chi connectivity index (χ3v) is 5.25. The summed E-state index contributed by atoms with van der Waals surface area (Å²) in [6.07, 6.45) is 3.12. The van der Waals surface area contributed by atoms with Crippen LogP contribution in [0.3, 0.4) is 0 Å². The van der Waals surface area contributed by atoms with Crippen molar-refractivity contribution < 1.29 is 18.7 Å². The van der Waals surface area contributed by atoms with Gasteiger partial charge in [-0.3, -0.25) is 10.1 Å². The minimum atomic E-state index is -0.544. The number of carbonyl (C=O) groups excluding carboxylic acids is 2. The first-order valence-electron chi connectivity index (χ1n) is 7.58. The monoisotopic (exact) mass is 344 g/mol. The van der Waals surface area contributed by atoms with E-state index < -0.39 is 18.5 Å². The molecule has 7 heteroatoms. The van der Waals surface area contributed by atoms with E-state index >= 15 is 0 Å². The number of furan rings is 1. The Morgan fingerprint density at radius 1 is 1.42 bits per heavy atom. The zero-order valence-electron chi connectivity index (χ0n) is 13.4. The molecule has 1 N–H and O–H groups in total. The summed E-state index contributed by atoms with van der Waals surface area (Å²) in [5.74, 6) is -0.398. The lowest BCUT2D eigenvalue weighted by Gasteiger charge is -2.04. The van der Waals surface area contributed by atoms with Gasteiger partial charge >= 0.3 is 5.97 Å². The van der Waals surface area contributed by atoms with Gasteiger partial charge in [-0.25, -0.2) is 4.79 Å². The highest BCUT2D eigenvalue weighted by Gasteiger charge is 2.21. The van der Waals surface area contributed by atoms with Gasteiger partial charge in [0.05, 0.1) is 0 Å². The molecule has 0 unspecified atom stereocenters. The molecule has 0 aromatic carbocycles. The van der Waals surface area contributed by atoms with Gasteiger partial charge in [0.25, 0.3) is 5.91 Å². The van der Waals surface area contributed by atoms with Crippen LogP contribution >= 0.6 is 11.3 Å². The van der Waals surface area contributed by atoms with Gasteiger partial charge in [0, 0.05) is 10.4 Å². The van der Waals surface area contributed by atoms with Crippen molar-refractivity contribution in [1.82, 2.24) is 0 Å². The Morgan fingerprint density at radius 3 is 2.92 bits per heavy atom. The lowest BCUT2D eigenvalue weighted by molar-refractivity contribution is -0.119. The van der Waals surface area contributed by atoms with Crippen LogP contribution in [0.1, 0.15) is 43.4 Å². The second kappa shape index (κ2) is 6.49. The number of rotatable bonds is 4. The Morgan fingerprint density at radius 2 is 2.21 bits per heavy atom. The second-order valence-corrected chi connectivity index (χ2v) is 6.77. The normalized spacial score (nSPS) is 12.5. The molecule has 2 heterocycles. The number of anilines is 1. The number of amides is 1. The molecule has 0 aliphatic heterocycles. The fourth-order valence-corrected chi connectivity index (χ4v) is 3.79. The van der Waals surface area contributed by atoms with Crippen LogP contribution in [0.15, 0.2) is 10.5 Å². The summed E-state index contributed by atoms with van der Waals surface area (Å²) in [6.45, 7) is 3.02. The third-order valence-electron chi connectivity index (χ3n) is 4.03. The molecule has 0 saturated heterocycles. The van der Waals surface area contributed by atoms with E-state index in [1.807, 2.05) is 12.1 Å². The SMILES string of the molecule is Cc1oc(NC(=O)COC(=O)c2cc3c(s2)CCC3)c(C#N)c1C. The van der Waals surface area contributed by atoms with Gasteiger partial charge in [-0.1, -0.05) is 0 Å². The highest BCUT2D eigenvalue weighted by atomic mass is 32.1. The highest BCUT2D eigenvalue weighted by Crippen LogP contribution is 2.31. The molecule has 1 aliphatic carbocycles. The summed E-state index contributed by atoms with van der Waals surface area (Å²) < 4.78 is 10.4. The van der Waals surface area contributed by atoms with E-state index in [9.17, 15) is 9.59 Å². The van der Waals surface area contributed by atoms with Crippen LogP contribution in [0.2, 0.25) is 0 Å². The topological polar surface area (TPSA) is 92.3 Å². The summed E-state index contributed by atoms with van der Waals surface area (Å²) in [5, 5.41) is 11.6. The van der Waals surface area contributed by atoms with Crippen LogP contribution in [0.5, 0.6) is 0 Å². The fraction of sp³-hybridized carbons (Fsp3) is 0.353. The summed E-state index contributed by atoms with van der Waals surface area (Å²) in [7, 11) is 0. The molecule has 6 nitrogen and oxygen atoms in total. The van der Waals surface area contributed by atoms with Gasteiger partial charge in [-0.2, -0.15) is 5.26 Å². The zero-order chi connectivity index (χ0) is 17.3. The first-order chi connectivity index (χ1) is 11.5. The molecule has 0 atom stereocenters. The van der Waals surface area contributed by atoms with Crippen molar-refractivity contribution in [2.75, 3.05) is 11.9 Å². The molecule has 24 heavy (non-hydrogen) atoms. The number of fused-ring (bicyclic) bond motifs is 1. The molecule has 0 fully saturated rings. The number of ether oxygens (including phenoxy) is 1. The van der Waals surface area contributed by atoms with Gasteiger partial charge in [-0.15, -0.1) is 11.3 Å². The van der Waals surface area contributed by atoms with Crippen molar-refractivity contribution in [3.8, 4) is 6.07 Å². The maximum absolute atomic E-state index is 12.0. The summed E-state index contributed by atoms with van der Waals surface area (Å²) in [6, 6.07) is 3.84. The van der Waals surface area contributed by atoms with Gasteiger partial charge in [0.2, 0.25) is 5.88 Å². The molecule has 2 aromatic heterocycles. The third kappa shape index (κ3) is 3.05. The lowest BCUT2D eigenvalue weighted by atomic mass is 10.2. The molecule has 1 aliphatic rings. The fourth-order valence-electron chi connectivity index (χ4n) is 2.64. The summed E-state index contributed by atoms with van der Waals surface area (Å²) in [5.41, 5.74) is 2.16. The predicted octanol–water partition coefficient (Wildman–Crippen LogP) is 3.11. The van der Waals surface area contributed by atoms with E-state index in [4.69, 9.17) is 14.4 Å². The average Bonchev–Trinajstić information content (AvgIpc) is 3.20. The molecule has 0 bridgehead atoms. The quantitative estimate of drug-likeness (QED) is 0.860. The number of thiophene rings is 1. The Kier molecular flexibility index (Phi) is 4.40. The van der Waals surface area contributed by atoms with Gasteiger partial charge in [0.1, 0.15) is 22.3 Å². The summed E-state index contributed by atoms with van der Waals surface area (Å²) in [4.78, 5) is 25.7. The van der Waals surface area contributed by atoms with Crippen molar-refractivity contribution in [3.05, 3.63) is 38.3 Å². The number of nitrogens with one attached hydrogen (secondary N) is 1. The molecule has 0 spiro atoms. The number of carbonyl (C=O) groups is 2. The minimum absolute atomic E-state index is 0.0867. The van der Waals surface area contributed by atoms with Crippen LogP contribution in [0, 0.1) is 25.2 Å². The number of hydrogen-bond donors (Lipinski definition) is 1. The van der Waals surface area contributed by atoms with Crippen molar-refractivity contribution in [2.24, 2.45) is 0 Å². The van der Waals surface area contributed by atoms with E-state index in [0.29, 0.717) is 16.2 Å². The summed E-state index contributed by atoms with van der Waals surface area (Å²) >= 11 is 1.43. The number of nitriles is 1. The molecule has 2 aromatic rings. The predicted molar refractivity (Wildman–Crippen MR) is 88.2 cm³/mol. The minimum Gasteiger partial charge on any atom is -0.451 e. The Labute approximate surface area is 143 Å². The smallest absolute Gasteiger partial charge is 0.348 e. The average molecular weight is 344 g/mol. The van der Waals surface area contributed by atoms with E-state index in [-0.39, 0.29) is 11.4 Å².